The Labute approximate surface area is 150 Å². The Bertz CT molecular complexity index is 916. The molecule has 1 fully saturated rings. The fourth-order valence-electron chi connectivity index (χ4n) is 4.02. The number of ketones is 1. The lowest BCUT2D eigenvalue weighted by Gasteiger charge is -2.23. The van der Waals surface area contributed by atoms with Gasteiger partial charge in [-0.2, -0.15) is 0 Å². The van der Waals surface area contributed by atoms with Crippen LogP contribution in [0.15, 0.2) is 42.2 Å². The van der Waals surface area contributed by atoms with Crippen LogP contribution >= 0.6 is 11.6 Å². The molecule has 4 rings (SSSR count). The lowest BCUT2D eigenvalue weighted by molar-refractivity contribution is -0.117. The molecule has 2 aromatic rings. The van der Waals surface area contributed by atoms with Crippen LogP contribution in [0.4, 0.5) is 4.39 Å². The summed E-state index contributed by atoms with van der Waals surface area (Å²) in [5.74, 6) is -0.0582. The molecule has 0 radical (unpaired) electrons. The molecule has 25 heavy (non-hydrogen) atoms. The van der Waals surface area contributed by atoms with Crippen molar-refractivity contribution in [3.8, 4) is 11.1 Å². The van der Waals surface area contributed by atoms with Crippen molar-refractivity contribution in [3.05, 3.63) is 64.1 Å². The molecule has 2 nitrogen and oxygen atoms in total. The van der Waals surface area contributed by atoms with Crippen molar-refractivity contribution in [2.75, 3.05) is 0 Å². The molecular weight excluding hydrogens is 339 g/mol. The molecule has 2 aliphatic carbocycles. The summed E-state index contributed by atoms with van der Waals surface area (Å²) < 4.78 is 13.4. The average Bonchev–Trinajstić information content (AvgIpc) is 3.05. The molecule has 2 aliphatic rings. The summed E-state index contributed by atoms with van der Waals surface area (Å²) >= 11 is 5.90. The summed E-state index contributed by atoms with van der Waals surface area (Å²) in [6, 6.07) is 10.3. The topological polar surface area (TPSA) is 37.3 Å². The van der Waals surface area contributed by atoms with Gasteiger partial charge in [-0.3, -0.25) is 4.79 Å². The molecule has 0 unspecified atom stereocenters. The number of fused-ring (bicyclic) bond motifs is 2. The third kappa shape index (κ3) is 2.67. The fraction of sp³-hybridized carbons (Fsp3) is 0.286. The van der Waals surface area contributed by atoms with Gasteiger partial charge in [-0.1, -0.05) is 29.8 Å². The molecule has 128 valence electrons. The highest BCUT2D eigenvalue weighted by atomic mass is 35.5. The zero-order chi connectivity index (χ0) is 17.7. The molecule has 0 saturated heterocycles. The first kappa shape index (κ1) is 16.3. The van der Waals surface area contributed by atoms with Crippen LogP contribution in [0.25, 0.3) is 16.7 Å². The molecule has 0 heterocycles. The molecule has 0 aromatic heterocycles. The van der Waals surface area contributed by atoms with Crippen molar-refractivity contribution in [2.24, 2.45) is 11.8 Å². The van der Waals surface area contributed by atoms with Gasteiger partial charge in [0, 0.05) is 11.8 Å². The minimum absolute atomic E-state index is 0.0271. The number of halogens is 2. The second-order valence-electron chi connectivity index (χ2n) is 6.99. The smallest absolute Gasteiger partial charge is 0.169 e. The highest BCUT2D eigenvalue weighted by molar-refractivity contribution is 6.31. The van der Waals surface area contributed by atoms with Crippen LogP contribution in [0.1, 0.15) is 30.4 Å². The SMILES string of the molecule is Cc1ccc(-c2ccc(F)c(Cl)c2)cc1C1=C(O)[C@H]2CC[C@H](C2)C1=O. The largest absolute Gasteiger partial charge is 0.511 e. The van der Waals surface area contributed by atoms with Crippen molar-refractivity contribution >= 4 is 23.0 Å². The maximum Gasteiger partial charge on any atom is 0.169 e. The summed E-state index contributed by atoms with van der Waals surface area (Å²) in [5.41, 5.74) is 3.78. The molecule has 0 amide bonds. The van der Waals surface area contributed by atoms with Crippen molar-refractivity contribution in [2.45, 2.75) is 26.2 Å². The highest BCUT2D eigenvalue weighted by Crippen LogP contribution is 2.46. The van der Waals surface area contributed by atoms with Gasteiger partial charge in [0.1, 0.15) is 11.6 Å². The van der Waals surface area contributed by atoms with E-state index in [9.17, 15) is 14.3 Å². The lowest BCUT2D eigenvalue weighted by atomic mass is 9.81. The van der Waals surface area contributed by atoms with Crippen LogP contribution in [-0.2, 0) is 4.79 Å². The number of carbonyl (C=O) groups is 1. The van der Waals surface area contributed by atoms with E-state index < -0.39 is 5.82 Å². The zero-order valence-electron chi connectivity index (χ0n) is 13.9. The molecular formula is C21H18ClFO2. The number of aliphatic hydroxyl groups is 1. The van der Waals surface area contributed by atoms with E-state index in [2.05, 4.69) is 0 Å². The van der Waals surface area contributed by atoms with E-state index in [1.54, 1.807) is 12.1 Å². The number of rotatable bonds is 2. The molecule has 4 heteroatoms. The zero-order valence-corrected chi connectivity index (χ0v) is 14.6. The fourth-order valence-corrected chi connectivity index (χ4v) is 4.20. The first-order valence-electron chi connectivity index (χ1n) is 8.49. The van der Waals surface area contributed by atoms with E-state index in [1.165, 1.54) is 6.07 Å². The van der Waals surface area contributed by atoms with Gasteiger partial charge in [0.25, 0.3) is 0 Å². The van der Waals surface area contributed by atoms with Gasteiger partial charge in [0.2, 0.25) is 0 Å². The van der Waals surface area contributed by atoms with Crippen LogP contribution in [0.2, 0.25) is 5.02 Å². The number of allylic oxidation sites excluding steroid dienone is 2. The van der Waals surface area contributed by atoms with Crippen LogP contribution in [0, 0.1) is 24.6 Å². The van der Waals surface area contributed by atoms with Gasteiger partial charge in [-0.15, -0.1) is 0 Å². The number of aryl methyl sites for hydroxylation is 1. The highest BCUT2D eigenvalue weighted by Gasteiger charge is 2.41. The predicted octanol–water partition coefficient (Wildman–Crippen LogP) is 5.72. The molecule has 2 bridgehead atoms. The Morgan fingerprint density at radius 3 is 2.52 bits per heavy atom. The Morgan fingerprint density at radius 1 is 1.08 bits per heavy atom. The van der Waals surface area contributed by atoms with Gasteiger partial charge in [-0.05, 0) is 66.6 Å². The molecule has 1 N–H and O–H groups in total. The van der Waals surface area contributed by atoms with Gasteiger partial charge in [-0.25, -0.2) is 4.39 Å². The van der Waals surface area contributed by atoms with Crippen molar-refractivity contribution in [1.82, 2.24) is 0 Å². The van der Waals surface area contributed by atoms with Gasteiger partial charge < -0.3 is 5.11 Å². The maximum atomic E-state index is 13.4. The predicted molar refractivity (Wildman–Crippen MR) is 97.0 cm³/mol. The number of hydrogen-bond acceptors (Lipinski definition) is 2. The molecule has 0 aliphatic heterocycles. The normalized spacial score (nSPS) is 22.6. The van der Waals surface area contributed by atoms with Crippen LogP contribution in [-0.4, -0.2) is 10.9 Å². The summed E-state index contributed by atoms with van der Waals surface area (Å²) in [6.45, 7) is 1.93. The van der Waals surface area contributed by atoms with E-state index in [0.717, 1.165) is 41.5 Å². The quantitative estimate of drug-likeness (QED) is 0.746. The van der Waals surface area contributed by atoms with Crippen LogP contribution in [0.5, 0.6) is 0 Å². The van der Waals surface area contributed by atoms with E-state index in [0.29, 0.717) is 5.57 Å². The first-order chi connectivity index (χ1) is 12.0. The summed E-state index contributed by atoms with van der Waals surface area (Å²) in [4.78, 5) is 12.8. The minimum Gasteiger partial charge on any atom is -0.511 e. The number of aliphatic hydroxyl groups excluding tert-OH is 1. The standard InChI is InChI=1S/C21H18ClFO2/c1-11-2-3-12(13-6-7-18(23)17(22)10-13)9-16(11)19-20(24)14-4-5-15(8-14)21(19)25/h2-3,6-7,9-10,14-15,24H,4-5,8H2,1H3/t14-,15+/m0/s1. The van der Waals surface area contributed by atoms with Crippen LogP contribution in [0.3, 0.4) is 0 Å². The Morgan fingerprint density at radius 2 is 1.76 bits per heavy atom. The third-order valence-electron chi connectivity index (χ3n) is 5.45. The molecule has 0 spiro atoms. The van der Waals surface area contributed by atoms with Gasteiger partial charge in [0.15, 0.2) is 5.78 Å². The van der Waals surface area contributed by atoms with Gasteiger partial charge in [0.05, 0.1) is 10.6 Å². The second kappa shape index (κ2) is 5.99. The van der Waals surface area contributed by atoms with E-state index in [4.69, 9.17) is 11.6 Å². The van der Waals surface area contributed by atoms with Crippen molar-refractivity contribution < 1.29 is 14.3 Å². The third-order valence-corrected chi connectivity index (χ3v) is 5.74. The lowest BCUT2D eigenvalue weighted by Crippen LogP contribution is -2.21. The van der Waals surface area contributed by atoms with Crippen molar-refractivity contribution in [3.63, 3.8) is 0 Å². The molecule has 2 aromatic carbocycles. The number of carbonyl (C=O) groups excluding carboxylic acids is 1. The van der Waals surface area contributed by atoms with Crippen LogP contribution < -0.4 is 0 Å². The van der Waals surface area contributed by atoms with E-state index in [-0.39, 0.29) is 28.4 Å². The number of hydrogen-bond donors (Lipinski definition) is 1. The summed E-state index contributed by atoms with van der Waals surface area (Å²) in [5, 5.41) is 10.7. The molecule has 1 saturated carbocycles. The second-order valence-corrected chi connectivity index (χ2v) is 7.40. The summed E-state index contributed by atoms with van der Waals surface area (Å²) in [7, 11) is 0. The summed E-state index contributed by atoms with van der Waals surface area (Å²) in [6.07, 6.45) is 2.49. The van der Waals surface area contributed by atoms with Gasteiger partial charge >= 0.3 is 0 Å². The Hall–Kier alpha value is -2.13. The van der Waals surface area contributed by atoms with E-state index >= 15 is 0 Å². The monoisotopic (exact) mass is 356 g/mol. The van der Waals surface area contributed by atoms with Crippen molar-refractivity contribution in [1.29, 1.82) is 0 Å². The first-order valence-corrected chi connectivity index (χ1v) is 8.87. The number of Topliss-reactive ketones (excluding diaryl/α,β-unsaturated/α-hetero) is 1. The average molecular weight is 357 g/mol. The molecule has 2 atom stereocenters. The maximum absolute atomic E-state index is 13.4. The Balaban J connectivity index is 1.84. The Kier molecular flexibility index (Phi) is 3.92. The minimum atomic E-state index is -0.461. The number of benzene rings is 2. The van der Waals surface area contributed by atoms with E-state index in [1.807, 2.05) is 25.1 Å².